The second-order valence-corrected chi connectivity index (χ2v) is 5.88. The van der Waals surface area contributed by atoms with Crippen LogP contribution in [0.1, 0.15) is 22.5 Å². The minimum absolute atomic E-state index is 0.0196. The monoisotopic (exact) mass is 333 g/mol. The lowest BCUT2D eigenvalue weighted by Gasteiger charge is -2.17. The van der Waals surface area contributed by atoms with Crippen LogP contribution in [-0.4, -0.2) is 45.0 Å². The van der Waals surface area contributed by atoms with Gasteiger partial charge in [-0.05, 0) is 24.3 Å². The van der Waals surface area contributed by atoms with E-state index < -0.39 is 0 Å². The highest BCUT2D eigenvalue weighted by molar-refractivity contribution is 5.98. The molecule has 0 spiro atoms. The number of ether oxygens (including phenoxy) is 1. The van der Waals surface area contributed by atoms with Crippen molar-refractivity contribution in [1.29, 1.82) is 5.26 Å². The highest BCUT2D eigenvalue weighted by Crippen LogP contribution is 2.21. The Morgan fingerprint density at radius 1 is 1.32 bits per heavy atom. The van der Waals surface area contributed by atoms with Crippen molar-refractivity contribution in [2.75, 3.05) is 13.1 Å². The largest absolute Gasteiger partial charge is 0.470 e. The second kappa shape index (κ2) is 6.24. The third kappa shape index (κ3) is 2.90. The molecule has 4 rings (SSSR count). The molecule has 0 aliphatic carbocycles. The maximum atomic E-state index is 12.7. The van der Waals surface area contributed by atoms with Gasteiger partial charge in [-0.2, -0.15) is 5.26 Å². The van der Waals surface area contributed by atoms with Gasteiger partial charge in [-0.15, -0.1) is 0 Å². The second-order valence-electron chi connectivity index (χ2n) is 5.88. The molecule has 3 aromatic rings. The maximum Gasteiger partial charge on any atom is 0.254 e. The third-order valence-electron chi connectivity index (χ3n) is 4.28. The molecule has 1 aliphatic rings. The molecular formula is C18H15N5O2. The summed E-state index contributed by atoms with van der Waals surface area (Å²) in [5, 5.41) is 10.1. The number of fused-ring (bicyclic) bond motifs is 1. The van der Waals surface area contributed by atoms with Crippen molar-refractivity contribution < 1.29 is 9.53 Å². The number of nitrogens with zero attached hydrogens (tertiary/aromatic N) is 4. The Bertz CT molecular complexity index is 975. The first-order valence-corrected chi connectivity index (χ1v) is 7.99. The summed E-state index contributed by atoms with van der Waals surface area (Å²) in [4.78, 5) is 25.6. The Labute approximate surface area is 143 Å². The SMILES string of the molecule is N#Cc1nccnc1O[C@H]1CCN(C(=O)c2ccc3[nH]ccc3c2)C1. The number of H-pyrrole nitrogens is 1. The molecule has 25 heavy (non-hydrogen) atoms. The molecule has 7 heteroatoms. The zero-order valence-corrected chi connectivity index (χ0v) is 13.3. The quantitative estimate of drug-likeness (QED) is 0.792. The van der Waals surface area contributed by atoms with Crippen LogP contribution in [0.25, 0.3) is 10.9 Å². The van der Waals surface area contributed by atoms with Gasteiger partial charge in [0.1, 0.15) is 12.2 Å². The number of amides is 1. The molecule has 124 valence electrons. The summed E-state index contributed by atoms with van der Waals surface area (Å²) in [6.07, 6.45) is 5.29. The van der Waals surface area contributed by atoms with Crippen molar-refractivity contribution >= 4 is 16.8 Å². The molecule has 1 aromatic carbocycles. The molecule has 3 heterocycles. The van der Waals surface area contributed by atoms with E-state index in [0.717, 1.165) is 10.9 Å². The van der Waals surface area contributed by atoms with E-state index in [1.54, 1.807) is 4.90 Å². The van der Waals surface area contributed by atoms with E-state index in [-0.39, 0.29) is 23.6 Å². The minimum atomic E-state index is -0.191. The molecule has 1 aliphatic heterocycles. The average Bonchev–Trinajstić information content (AvgIpc) is 3.30. The van der Waals surface area contributed by atoms with Crippen LogP contribution in [0.15, 0.2) is 42.9 Å². The van der Waals surface area contributed by atoms with Gasteiger partial charge in [0.15, 0.2) is 0 Å². The predicted octanol–water partition coefficient (Wildman–Crippen LogP) is 2.12. The summed E-state index contributed by atoms with van der Waals surface area (Å²) >= 11 is 0. The topological polar surface area (TPSA) is 94.9 Å². The lowest BCUT2D eigenvalue weighted by molar-refractivity contribution is 0.0771. The number of likely N-dealkylation sites (tertiary alicyclic amines) is 1. The summed E-state index contributed by atoms with van der Waals surface area (Å²) in [5.41, 5.74) is 1.82. The van der Waals surface area contributed by atoms with Crippen LogP contribution >= 0.6 is 0 Å². The van der Waals surface area contributed by atoms with E-state index in [1.165, 1.54) is 12.4 Å². The number of hydrogen-bond donors (Lipinski definition) is 1. The Balaban J connectivity index is 1.46. The van der Waals surface area contributed by atoms with Crippen molar-refractivity contribution in [3.05, 3.63) is 54.1 Å². The van der Waals surface area contributed by atoms with Crippen LogP contribution in [0.2, 0.25) is 0 Å². The van der Waals surface area contributed by atoms with Crippen molar-refractivity contribution in [3.63, 3.8) is 0 Å². The van der Waals surface area contributed by atoms with Gasteiger partial charge in [-0.1, -0.05) is 0 Å². The molecule has 0 unspecified atom stereocenters. The van der Waals surface area contributed by atoms with Crippen LogP contribution in [0.3, 0.4) is 0 Å². The molecule has 1 atom stereocenters. The maximum absolute atomic E-state index is 12.7. The molecule has 2 aromatic heterocycles. The molecule has 0 saturated carbocycles. The van der Waals surface area contributed by atoms with Crippen LogP contribution in [0, 0.1) is 11.3 Å². The Hall–Kier alpha value is -3.40. The number of nitriles is 1. The first kappa shape index (κ1) is 15.1. The molecule has 1 amide bonds. The summed E-state index contributed by atoms with van der Waals surface area (Å²) in [6.45, 7) is 1.07. The lowest BCUT2D eigenvalue weighted by atomic mass is 10.1. The predicted molar refractivity (Wildman–Crippen MR) is 90.0 cm³/mol. The number of hydrogen-bond acceptors (Lipinski definition) is 5. The van der Waals surface area contributed by atoms with E-state index in [4.69, 9.17) is 10.00 Å². The number of rotatable bonds is 3. The van der Waals surface area contributed by atoms with Crippen LogP contribution in [-0.2, 0) is 0 Å². The van der Waals surface area contributed by atoms with Crippen LogP contribution in [0.4, 0.5) is 0 Å². The molecule has 1 saturated heterocycles. The molecule has 0 radical (unpaired) electrons. The average molecular weight is 333 g/mol. The highest BCUT2D eigenvalue weighted by Gasteiger charge is 2.29. The van der Waals surface area contributed by atoms with E-state index in [2.05, 4.69) is 15.0 Å². The third-order valence-corrected chi connectivity index (χ3v) is 4.28. The fourth-order valence-electron chi connectivity index (χ4n) is 3.02. The fraction of sp³-hybridized carbons (Fsp3) is 0.222. The summed E-state index contributed by atoms with van der Waals surface area (Å²) in [5.74, 6) is 0.201. The van der Waals surface area contributed by atoms with E-state index in [9.17, 15) is 4.79 Å². The normalized spacial score (nSPS) is 16.8. The van der Waals surface area contributed by atoms with Gasteiger partial charge in [0.25, 0.3) is 11.8 Å². The molecule has 1 fully saturated rings. The van der Waals surface area contributed by atoms with Gasteiger partial charge < -0.3 is 14.6 Å². The Morgan fingerprint density at radius 3 is 3.08 bits per heavy atom. The number of aromatic amines is 1. The summed E-state index contributed by atoms with van der Waals surface area (Å²) in [6, 6.07) is 9.53. The van der Waals surface area contributed by atoms with Gasteiger partial charge >= 0.3 is 0 Å². The number of benzene rings is 1. The van der Waals surface area contributed by atoms with E-state index >= 15 is 0 Å². The smallest absolute Gasteiger partial charge is 0.254 e. The standard InChI is InChI=1S/C18H15N5O2/c19-10-16-17(22-7-6-21-16)25-14-4-8-23(11-14)18(24)13-1-2-15-12(9-13)3-5-20-15/h1-3,5-7,9,14,20H,4,8,11H2/t14-/m0/s1. The number of carbonyl (C=O) groups is 1. The minimum Gasteiger partial charge on any atom is -0.470 e. The van der Waals surface area contributed by atoms with Crippen LogP contribution < -0.4 is 4.74 Å². The van der Waals surface area contributed by atoms with Gasteiger partial charge in [0.2, 0.25) is 5.69 Å². The summed E-state index contributed by atoms with van der Waals surface area (Å²) < 4.78 is 5.78. The number of nitrogens with one attached hydrogen (secondary N) is 1. The molecule has 1 N–H and O–H groups in total. The fourth-order valence-corrected chi connectivity index (χ4v) is 3.02. The molecule has 7 nitrogen and oxygen atoms in total. The van der Waals surface area contributed by atoms with E-state index in [1.807, 2.05) is 36.5 Å². The number of carbonyl (C=O) groups excluding carboxylic acids is 1. The zero-order chi connectivity index (χ0) is 17.2. The first-order valence-electron chi connectivity index (χ1n) is 7.99. The van der Waals surface area contributed by atoms with Gasteiger partial charge in [-0.25, -0.2) is 9.97 Å². The molecule has 0 bridgehead atoms. The highest BCUT2D eigenvalue weighted by atomic mass is 16.5. The first-order chi connectivity index (χ1) is 12.2. The lowest BCUT2D eigenvalue weighted by Crippen LogP contribution is -2.31. The molecular weight excluding hydrogens is 318 g/mol. The zero-order valence-electron chi connectivity index (χ0n) is 13.3. The van der Waals surface area contributed by atoms with Gasteiger partial charge in [0.05, 0.1) is 6.54 Å². The Kier molecular flexibility index (Phi) is 3.78. The van der Waals surface area contributed by atoms with Crippen molar-refractivity contribution in [2.45, 2.75) is 12.5 Å². The van der Waals surface area contributed by atoms with E-state index in [0.29, 0.717) is 25.1 Å². The van der Waals surface area contributed by atoms with Gasteiger partial charge in [-0.3, -0.25) is 4.79 Å². The van der Waals surface area contributed by atoms with Gasteiger partial charge in [0, 0.05) is 48.0 Å². The van der Waals surface area contributed by atoms with Crippen molar-refractivity contribution in [3.8, 4) is 11.9 Å². The van der Waals surface area contributed by atoms with Crippen LogP contribution in [0.5, 0.6) is 5.88 Å². The van der Waals surface area contributed by atoms with Crippen molar-refractivity contribution in [1.82, 2.24) is 19.9 Å². The number of aromatic nitrogens is 3. The Morgan fingerprint density at radius 2 is 2.20 bits per heavy atom. The summed E-state index contributed by atoms with van der Waals surface area (Å²) in [7, 11) is 0. The van der Waals surface area contributed by atoms with Crippen molar-refractivity contribution in [2.24, 2.45) is 0 Å².